The molecule has 0 bridgehead atoms. The van der Waals surface area contributed by atoms with Crippen molar-refractivity contribution in [2.24, 2.45) is 11.8 Å². The van der Waals surface area contributed by atoms with E-state index in [1.165, 1.54) is 154 Å². The number of allylic oxidation sites excluding steroid dienone is 4. The Kier molecular flexibility index (Phi) is 63.7. The Balaban J connectivity index is 5.25. The van der Waals surface area contributed by atoms with Gasteiger partial charge in [0.25, 0.3) is 0 Å². The monoisotopic (exact) mass is 1360 g/mol. The lowest BCUT2D eigenvalue weighted by molar-refractivity contribution is -0.161. The van der Waals surface area contributed by atoms with E-state index in [0.29, 0.717) is 25.7 Å². The zero-order chi connectivity index (χ0) is 68.6. The molecule has 6 atom stereocenters. The van der Waals surface area contributed by atoms with E-state index in [0.717, 1.165) is 121 Å². The average molecular weight is 1360 g/mol. The average Bonchev–Trinajstić information content (AvgIpc) is 3.38. The molecular weight excluding hydrogens is 1220 g/mol. The molecule has 0 saturated heterocycles. The lowest BCUT2D eigenvalue weighted by Crippen LogP contribution is -2.30. The van der Waals surface area contributed by atoms with Crippen LogP contribution in [0.3, 0.4) is 0 Å². The first kappa shape index (κ1) is 90.5. The Bertz CT molecular complexity index is 1900. The standard InChI is InChI=1S/C74H140O17P2/c1-7-10-12-14-16-18-19-20-23-27-30-34-38-45-51-57-72(77)85-62-69(90-73(78)58-52-46-39-35-31-28-25-22-21-24-26-29-33-36-42-48-54-66(4)5)64-88-92(80,81)86-60-68(75)61-87-93(82,83)89-65-70(63-84-71(76)56-50-44-37-32-17-15-13-11-8-2)91-74(79)59-53-47-41-40-43-49-55-67(6)9-3/h18-20,23,66-70,75H,7-17,21-22,24-65H2,1-6H3,(H,80,81)(H,82,83)/b19-18-,23-20-/t67?,68-,69-,70-/m1/s1. The molecule has 0 rings (SSSR count). The molecule has 0 heterocycles. The molecule has 19 heteroatoms. The van der Waals surface area contributed by atoms with Crippen molar-refractivity contribution in [3.8, 4) is 0 Å². The van der Waals surface area contributed by atoms with Crippen LogP contribution in [0.15, 0.2) is 24.3 Å². The molecule has 0 spiro atoms. The molecule has 0 aliphatic carbocycles. The fourth-order valence-electron chi connectivity index (χ4n) is 10.7. The SMILES string of the molecule is CCCCCC/C=C\C=C/CCCCCCCC(=O)OC[C@H](COP(=O)(O)OC[C@@H](O)COP(=O)(O)OC[C@@H](COC(=O)CCCCCCCCCCC)OC(=O)CCCCCCCCC(C)CC)OC(=O)CCCCCCCCCCCCCCCCCCC(C)C. The third kappa shape index (κ3) is 66.6. The highest BCUT2D eigenvalue weighted by Crippen LogP contribution is 2.45. The number of phosphoric ester groups is 2. The molecule has 0 aliphatic rings. The Morgan fingerprint density at radius 1 is 0.355 bits per heavy atom. The van der Waals surface area contributed by atoms with Crippen LogP contribution in [0, 0.1) is 11.8 Å². The number of phosphoric acid groups is 2. The number of ether oxygens (including phenoxy) is 4. The zero-order valence-corrected chi connectivity index (χ0v) is 61.8. The van der Waals surface area contributed by atoms with E-state index in [1.807, 2.05) is 0 Å². The van der Waals surface area contributed by atoms with Gasteiger partial charge < -0.3 is 33.8 Å². The number of carbonyl (C=O) groups is 4. The molecule has 93 heavy (non-hydrogen) atoms. The van der Waals surface area contributed by atoms with E-state index >= 15 is 0 Å². The number of esters is 4. The van der Waals surface area contributed by atoms with Gasteiger partial charge in [-0.1, -0.05) is 303 Å². The van der Waals surface area contributed by atoms with Crippen LogP contribution in [0.5, 0.6) is 0 Å². The van der Waals surface area contributed by atoms with Crippen LogP contribution in [-0.2, 0) is 65.4 Å². The first-order valence-corrected chi connectivity index (χ1v) is 40.8. The second kappa shape index (κ2) is 65.5. The summed E-state index contributed by atoms with van der Waals surface area (Å²) in [5, 5.41) is 10.6. The Morgan fingerprint density at radius 2 is 0.634 bits per heavy atom. The minimum absolute atomic E-state index is 0.101. The van der Waals surface area contributed by atoms with Crippen LogP contribution >= 0.6 is 15.6 Å². The Labute approximate surface area is 567 Å². The molecule has 3 unspecified atom stereocenters. The summed E-state index contributed by atoms with van der Waals surface area (Å²) in [6, 6.07) is 0. The largest absolute Gasteiger partial charge is 0.472 e. The molecule has 0 aromatic heterocycles. The van der Waals surface area contributed by atoms with E-state index in [4.69, 9.17) is 37.0 Å². The van der Waals surface area contributed by atoms with Crippen molar-refractivity contribution in [2.45, 2.75) is 374 Å². The lowest BCUT2D eigenvalue weighted by Gasteiger charge is -2.21. The van der Waals surface area contributed by atoms with Gasteiger partial charge >= 0.3 is 39.5 Å². The summed E-state index contributed by atoms with van der Waals surface area (Å²) >= 11 is 0. The smallest absolute Gasteiger partial charge is 0.462 e. The summed E-state index contributed by atoms with van der Waals surface area (Å²) in [6.45, 7) is 9.47. The van der Waals surface area contributed by atoms with Gasteiger partial charge in [0.15, 0.2) is 12.2 Å². The van der Waals surface area contributed by atoms with Crippen molar-refractivity contribution in [3.05, 3.63) is 24.3 Å². The predicted molar refractivity (Wildman–Crippen MR) is 377 cm³/mol. The molecule has 0 fully saturated rings. The molecular formula is C74H140O17P2. The summed E-state index contributed by atoms with van der Waals surface area (Å²) in [4.78, 5) is 72.6. The zero-order valence-electron chi connectivity index (χ0n) is 60.0. The van der Waals surface area contributed by atoms with Crippen molar-refractivity contribution >= 4 is 39.5 Å². The highest BCUT2D eigenvalue weighted by Gasteiger charge is 2.30. The summed E-state index contributed by atoms with van der Waals surface area (Å²) < 4.78 is 68.3. The van der Waals surface area contributed by atoms with Crippen molar-refractivity contribution in [1.29, 1.82) is 0 Å². The maximum Gasteiger partial charge on any atom is 0.472 e. The summed E-state index contributed by atoms with van der Waals surface area (Å²) in [5.74, 6) is -0.627. The Hall–Kier alpha value is -2.46. The van der Waals surface area contributed by atoms with E-state index in [1.54, 1.807) is 0 Å². The minimum Gasteiger partial charge on any atom is -0.462 e. The fraction of sp³-hybridized carbons (Fsp3) is 0.892. The molecule has 548 valence electrons. The van der Waals surface area contributed by atoms with E-state index in [-0.39, 0.29) is 25.7 Å². The maximum atomic E-state index is 13.1. The molecule has 3 N–H and O–H groups in total. The molecule has 0 saturated carbocycles. The van der Waals surface area contributed by atoms with Gasteiger partial charge in [0.05, 0.1) is 26.4 Å². The van der Waals surface area contributed by atoms with Crippen molar-refractivity contribution < 1.29 is 80.2 Å². The second-order valence-electron chi connectivity index (χ2n) is 26.7. The summed E-state index contributed by atoms with van der Waals surface area (Å²) in [7, 11) is -9.92. The van der Waals surface area contributed by atoms with Crippen LogP contribution in [0.2, 0.25) is 0 Å². The lowest BCUT2D eigenvalue weighted by atomic mass is 10.00. The first-order valence-electron chi connectivity index (χ1n) is 37.8. The third-order valence-electron chi connectivity index (χ3n) is 16.9. The van der Waals surface area contributed by atoms with Crippen LogP contribution in [0.4, 0.5) is 0 Å². The number of unbranched alkanes of at least 4 members (excludes halogenated alkanes) is 37. The van der Waals surface area contributed by atoms with Crippen molar-refractivity contribution in [2.75, 3.05) is 39.6 Å². The number of aliphatic hydroxyl groups is 1. The van der Waals surface area contributed by atoms with E-state index < -0.39 is 97.5 Å². The number of rotatable bonds is 71. The highest BCUT2D eigenvalue weighted by atomic mass is 31.2. The maximum absolute atomic E-state index is 13.1. The molecule has 17 nitrogen and oxygen atoms in total. The topological polar surface area (TPSA) is 237 Å². The second-order valence-corrected chi connectivity index (χ2v) is 29.6. The predicted octanol–water partition coefficient (Wildman–Crippen LogP) is 21.1. The minimum atomic E-state index is -4.96. The molecule has 0 amide bonds. The van der Waals surface area contributed by atoms with Crippen LogP contribution in [0.25, 0.3) is 0 Å². The quantitative estimate of drug-likeness (QED) is 0.0169. The van der Waals surface area contributed by atoms with Crippen LogP contribution < -0.4 is 0 Å². The van der Waals surface area contributed by atoms with E-state index in [9.17, 15) is 43.2 Å². The van der Waals surface area contributed by atoms with Gasteiger partial charge in [0.1, 0.15) is 19.3 Å². The summed E-state index contributed by atoms with van der Waals surface area (Å²) in [6.07, 6.45) is 55.0. The van der Waals surface area contributed by atoms with Crippen LogP contribution in [-0.4, -0.2) is 96.7 Å². The molecule has 0 aliphatic heterocycles. The fourth-order valence-corrected chi connectivity index (χ4v) is 12.3. The van der Waals surface area contributed by atoms with Gasteiger partial charge in [-0.3, -0.25) is 37.3 Å². The summed E-state index contributed by atoms with van der Waals surface area (Å²) in [5.41, 5.74) is 0. The first-order chi connectivity index (χ1) is 44.9. The van der Waals surface area contributed by atoms with Crippen LogP contribution in [0.1, 0.15) is 356 Å². The van der Waals surface area contributed by atoms with Gasteiger partial charge in [-0.25, -0.2) is 9.13 Å². The molecule has 0 radical (unpaired) electrons. The number of hydrogen-bond acceptors (Lipinski definition) is 15. The number of aliphatic hydroxyl groups excluding tert-OH is 1. The van der Waals surface area contributed by atoms with Crippen molar-refractivity contribution in [1.82, 2.24) is 0 Å². The van der Waals surface area contributed by atoms with Gasteiger partial charge in [-0.2, -0.15) is 0 Å². The molecule has 0 aromatic rings. The van der Waals surface area contributed by atoms with E-state index in [2.05, 4.69) is 65.8 Å². The number of carbonyl (C=O) groups excluding carboxylic acids is 4. The molecule has 0 aromatic carbocycles. The Morgan fingerprint density at radius 3 is 0.968 bits per heavy atom. The van der Waals surface area contributed by atoms with Gasteiger partial charge in [0, 0.05) is 25.7 Å². The van der Waals surface area contributed by atoms with Gasteiger partial charge in [-0.05, 0) is 63.2 Å². The van der Waals surface area contributed by atoms with Gasteiger partial charge in [0.2, 0.25) is 0 Å². The normalized spacial score (nSPS) is 14.5. The third-order valence-corrected chi connectivity index (χ3v) is 18.8. The highest BCUT2D eigenvalue weighted by molar-refractivity contribution is 7.47. The van der Waals surface area contributed by atoms with Gasteiger partial charge in [-0.15, -0.1) is 0 Å². The van der Waals surface area contributed by atoms with Crippen molar-refractivity contribution in [3.63, 3.8) is 0 Å². The number of hydrogen-bond donors (Lipinski definition) is 3.